The Morgan fingerprint density at radius 2 is 2.00 bits per heavy atom. The second-order valence-corrected chi connectivity index (χ2v) is 2.31. The molecule has 0 amide bonds. The van der Waals surface area contributed by atoms with E-state index in [-0.39, 0.29) is 0 Å². The number of hydrogen-bond acceptors (Lipinski definition) is 0. The summed E-state index contributed by atoms with van der Waals surface area (Å²) in [6, 6.07) is 0. The zero-order valence-electron chi connectivity index (χ0n) is 5.10. The zero-order valence-corrected chi connectivity index (χ0v) is 7.26. The van der Waals surface area contributed by atoms with E-state index in [1.807, 2.05) is 6.92 Å². The van der Waals surface area contributed by atoms with Gasteiger partial charge in [-0.3, -0.25) is 0 Å². The molecule has 1 heteroatoms. The van der Waals surface area contributed by atoms with E-state index in [0.717, 1.165) is 10.8 Å². The number of rotatable bonds is 3. The fraction of sp³-hybridized carbons (Fsp3) is 0.429. The van der Waals surface area contributed by atoms with Crippen molar-refractivity contribution in [3.63, 3.8) is 0 Å². The number of halogens is 1. The lowest BCUT2D eigenvalue weighted by molar-refractivity contribution is 1.37. The lowest BCUT2D eigenvalue weighted by Gasteiger charge is -1.76. The third-order valence-electron chi connectivity index (χ3n) is 0.764. The van der Waals surface area contributed by atoms with E-state index in [1.54, 1.807) is 0 Å². The summed E-state index contributed by atoms with van der Waals surface area (Å²) in [7, 11) is 0. The Morgan fingerprint density at radius 1 is 1.25 bits per heavy atom. The molecular weight excluding hydrogens is 211 g/mol. The molecule has 0 unspecified atom stereocenters. The summed E-state index contributed by atoms with van der Waals surface area (Å²) in [5.41, 5.74) is 0. The Hall–Kier alpha value is 0.210. The van der Waals surface area contributed by atoms with Crippen molar-refractivity contribution in [2.75, 3.05) is 4.43 Å². The predicted molar refractivity (Wildman–Crippen MR) is 47.5 cm³/mol. The zero-order chi connectivity index (χ0) is 6.24. The molecule has 0 aromatic rings. The van der Waals surface area contributed by atoms with Crippen molar-refractivity contribution < 1.29 is 0 Å². The highest BCUT2D eigenvalue weighted by Crippen LogP contribution is 1.87. The van der Waals surface area contributed by atoms with Crippen LogP contribution in [0.15, 0.2) is 24.3 Å². The summed E-state index contributed by atoms with van der Waals surface area (Å²) in [5.74, 6) is 0. The molecule has 8 heavy (non-hydrogen) atoms. The summed E-state index contributed by atoms with van der Waals surface area (Å²) in [4.78, 5) is 0. The van der Waals surface area contributed by atoms with Crippen LogP contribution < -0.4 is 0 Å². The standard InChI is InChI=1S/C7H11I/c1-2-3-4-5-6-7-8/h2-3,5-6H,4,7H2,1H3/b3-2+,6-5+. The molecule has 0 heterocycles. The number of allylic oxidation sites excluding steroid dienone is 4. The van der Waals surface area contributed by atoms with Gasteiger partial charge in [-0.05, 0) is 13.3 Å². The Kier molecular flexibility index (Phi) is 7.40. The van der Waals surface area contributed by atoms with Crippen LogP contribution in [-0.4, -0.2) is 4.43 Å². The Labute approximate surface area is 64.8 Å². The molecule has 0 N–H and O–H groups in total. The maximum absolute atomic E-state index is 2.33. The summed E-state index contributed by atoms with van der Waals surface area (Å²) in [6.45, 7) is 2.04. The maximum atomic E-state index is 2.33. The summed E-state index contributed by atoms with van der Waals surface area (Å²) in [5, 5.41) is 0. The Morgan fingerprint density at radius 3 is 2.50 bits per heavy atom. The molecule has 0 saturated carbocycles. The first kappa shape index (κ1) is 8.21. The molecule has 0 nitrogen and oxygen atoms in total. The van der Waals surface area contributed by atoms with Gasteiger partial charge in [-0.15, -0.1) is 0 Å². The van der Waals surface area contributed by atoms with Gasteiger partial charge in [0, 0.05) is 4.43 Å². The molecule has 0 bridgehead atoms. The van der Waals surface area contributed by atoms with Gasteiger partial charge in [0.15, 0.2) is 0 Å². The van der Waals surface area contributed by atoms with Crippen LogP contribution in [0.5, 0.6) is 0 Å². The highest BCUT2D eigenvalue weighted by molar-refractivity contribution is 14.1. The highest BCUT2D eigenvalue weighted by Gasteiger charge is 1.66. The van der Waals surface area contributed by atoms with Crippen LogP contribution in [0.4, 0.5) is 0 Å². The molecule has 0 rings (SSSR count). The lowest BCUT2D eigenvalue weighted by atomic mass is 10.3. The van der Waals surface area contributed by atoms with Gasteiger partial charge in [0.25, 0.3) is 0 Å². The first-order valence-corrected chi connectivity index (χ1v) is 4.26. The molecule has 46 valence electrons. The van der Waals surface area contributed by atoms with Crippen molar-refractivity contribution in [3.8, 4) is 0 Å². The molecular formula is C7H11I. The Balaban J connectivity index is 3.03. The number of hydrogen-bond donors (Lipinski definition) is 0. The molecule has 0 aliphatic carbocycles. The maximum Gasteiger partial charge on any atom is 0.0176 e. The third kappa shape index (κ3) is 6.21. The quantitative estimate of drug-likeness (QED) is 0.391. The molecule has 0 radical (unpaired) electrons. The fourth-order valence-corrected chi connectivity index (χ4v) is 0.733. The summed E-state index contributed by atoms with van der Waals surface area (Å²) >= 11 is 2.33. The molecule has 0 aliphatic heterocycles. The summed E-state index contributed by atoms with van der Waals surface area (Å²) < 4.78 is 1.12. The molecule has 0 aromatic carbocycles. The Bertz CT molecular complexity index is 82.4. The van der Waals surface area contributed by atoms with Crippen LogP contribution in [0, 0.1) is 0 Å². The van der Waals surface area contributed by atoms with Crippen LogP contribution in [0.25, 0.3) is 0 Å². The largest absolute Gasteiger partial charge is 0.0914 e. The van der Waals surface area contributed by atoms with Crippen molar-refractivity contribution in [1.82, 2.24) is 0 Å². The van der Waals surface area contributed by atoms with Gasteiger partial charge in [-0.1, -0.05) is 46.9 Å². The van der Waals surface area contributed by atoms with Gasteiger partial charge in [0.2, 0.25) is 0 Å². The van der Waals surface area contributed by atoms with Gasteiger partial charge in [-0.2, -0.15) is 0 Å². The molecule has 0 atom stereocenters. The molecule has 0 spiro atoms. The van der Waals surface area contributed by atoms with Crippen molar-refractivity contribution in [3.05, 3.63) is 24.3 Å². The minimum atomic E-state index is 1.08. The van der Waals surface area contributed by atoms with Crippen molar-refractivity contribution in [1.29, 1.82) is 0 Å². The van der Waals surface area contributed by atoms with E-state index in [9.17, 15) is 0 Å². The van der Waals surface area contributed by atoms with E-state index in [2.05, 4.69) is 46.9 Å². The van der Waals surface area contributed by atoms with Crippen molar-refractivity contribution in [2.24, 2.45) is 0 Å². The first-order chi connectivity index (χ1) is 3.91. The van der Waals surface area contributed by atoms with E-state index in [1.165, 1.54) is 0 Å². The molecule has 0 aliphatic rings. The van der Waals surface area contributed by atoms with Crippen LogP contribution in [0.2, 0.25) is 0 Å². The third-order valence-corrected chi connectivity index (χ3v) is 1.27. The van der Waals surface area contributed by atoms with Gasteiger partial charge >= 0.3 is 0 Å². The van der Waals surface area contributed by atoms with Crippen LogP contribution >= 0.6 is 22.6 Å². The van der Waals surface area contributed by atoms with E-state index < -0.39 is 0 Å². The average molecular weight is 222 g/mol. The summed E-state index contributed by atoms with van der Waals surface area (Å²) in [6.07, 6.45) is 9.63. The van der Waals surface area contributed by atoms with E-state index >= 15 is 0 Å². The number of alkyl halides is 1. The SMILES string of the molecule is C/C=C/C/C=C/CI. The topological polar surface area (TPSA) is 0 Å². The van der Waals surface area contributed by atoms with E-state index in [4.69, 9.17) is 0 Å². The normalized spacial score (nSPS) is 11.8. The second-order valence-electron chi connectivity index (χ2n) is 1.43. The second kappa shape index (κ2) is 7.21. The van der Waals surface area contributed by atoms with Crippen molar-refractivity contribution in [2.45, 2.75) is 13.3 Å². The lowest BCUT2D eigenvalue weighted by Crippen LogP contribution is -1.58. The smallest absolute Gasteiger partial charge is 0.0176 e. The van der Waals surface area contributed by atoms with Crippen LogP contribution in [0.3, 0.4) is 0 Å². The monoisotopic (exact) mass is 222 g/mol. The van der Waals surface area contributed by atoms with E-state index in [0.29, 0.717) is 0 Å². The van der Waals surface area contributed by atoms with Gasteiger partial charge in [0.1, 0.15) is 0 Å². The van der Waals surface area contributed by atoms with Crippen LogP contribution in [-0.2, 0) is 0 Å². The molecule has 0 aromatic heterocycles. The van der Waals surface area contributed by atoms with Crippen molar-refractivity contribution >= 4 is 22.6 Å². The van der Waals surface area contributed by atoms with Gasteiger partial charge in [0.05, 0.1) is 0 Å². The molecule has 0 fully saturated rings. The highest BCUT2D eigenvalue weighted by atomic mass is 127. The van der Waals surface area contributed by atoms with Crippen LogP contribution in [0.1, 0.15) is 13.3 Å². The minimum Gasteiger partial charge on any atom is -0.0914 e. The average Bonchev–Trinajstić information content (AvgIpc) is 1.81. The minimum absolute atomic E-state index is 1.08. The first-order valence-electron chi connectivity index (χ1n) is 2.74. The fourth-order valence-electron chi connectivity index (χ4n) is 0.374. The van der Waals surface area contributed by atoms with Gasteiger partial charge < -0.3 is 0 Å². The predicted octanol–water partition coefficient (Wildman–Crippen LogP) is 2.94. The molecule has 0 saturated heterocycles. The van der Waals surface area contributed by atoms with Gasteiger partial charge in [-0.25, -0.2) is 0 Å².